The number of nitrogens with zero attached hydrogens (tertiary/aromatic N) is 2. The third-order valence-corrected chi connectivity index (χ3v) is 5.67. The molecule has 1 fully saturated rings. The van der Waals surface area contributed by atoms with Crippen molar-refractivity contribution < 1.29 is 14.3 Å². The molecule has 0 aliphatic carbocycles. The normalized spacial score (nSPS) is 14.9. The smallest absolute Gasteiger partial charge is 0.236 e. The Morgan fingerprint density at radius 1 is 1.31 bits per heavy atom. The van der Waals surface area contributed by atoms with Gasteiger partial charge in [-0.2, -0.15) is 5.26 Å². The number of piperidine rings is 1. The van der Waals surface area contributed by atoms with Gasteiger partial charge in [-0.3, -0.25) is 9.59 Å². The SMILES string of the molecule is CC(C)(C)c1ccc(OCCCC(=O)NC2CCN(C(=O)CC#N)CC2)c(Br)c1. The maximum atomic E-state index is 12.2. The zero-order valence-corrected chi connectivity index (χ0v) is 19.0. The van der Waals surface area contributed by atoms with Crippen LogP contribution in [0.4, 0.5) is 0 Å². The van der Waals surface area contributed by atoms with Gasteiger partial charge in [0.1, 0.15) is 12.2 Å². The first-order valence-corrected chi connectivity index (χ1v) is 10.9. The van der Waals surface area contributed by atoms with E-state index in [2.05, 4.69) is 54.2 Å². The van der Waals surface area contributed by atoms with Crippen LogP contribution in [0.1, 0.15) is 58.4 Å². The summed E-state index contributed by atoms with van der Waals surface area (Å²) in [7, 11) is 0. The number of ether oxygens (including phenoxy) is 1. The van der Waals surface area contributed by atoms with Crippen LogP contribution in [0.5, 0.6) is 5.75 Å². The fraction of sp³-hybridized carbons (Fsp3) is 0.591. The highest BCUT2D eigenvalue weighted by molar-refractivity contribution is 9.10. The Morgan fingerprint density at radius 3 is 2.59 bits per heavy atom. The Balaban J connectivity index is 1.67. The molecule has 158 valence electrons. The molecule has 1 saturated heterocycles. The zero-order chi connectivity index (χ0) is 21.4. The van der Waals surface area contributed by atoms with Crippen molar-refractivity contribution in [3.8, 4) is 11.8 Å². The molecule has 2 rings (SSSR count). The molecule has 0 radical (unpaired) electrons. The standard InChI is InChI=1S/C22H30BrN3O3/c1-22(2,3)16-6-7-19(18(23)15-16)29-14-4-5-20(27)25-17-9-12-26(13-10-17)21(28)8-11-24/h6-7,15,17H,4-5,8-10,12-14H2,1-3H3,(H,25,27). The third kappa shape index (κ3) is 7.36. The van der Waals surface area contributed by atoms with E-state index in [1.54, 1.807) is 4.90 Å². The second-order valence-electron chi connectivity index (χ2n) is 8.40. The number of amides is 2. The molecule has 29 heavy (non-hydrogen) atoms. The Labute approximate surface area is 181 Å². The molecule has 1 heterocycles. The average Bonchev–Trinajstić information content (AvgIpc) is 2.66. The molecule has 0 atom stereocenters. The zero-order valence-electron chi connectivity index (χ0n) is 17.5. The van der Waals surface area contributed by atoms with E-state index in [1.165, 1.54) is 5.56 Å². The fourth-order valence-electron chi connectivity index (χ4n) is 3.25. The summed E-state index contributed by atoms with van der Waals surface area (Å²) >= 11 is 3.56. The lowest BCUT2D eigenvalue weighted by Gasteiger charge is -2.32. The number of rotatable bonds is 7. The predicted octanol–water partition coefficient (Wildman–Crippen LogP) is 3.93. The van der Waals surface area contributed by atoms with Crippen LogP contribution in [0.15, 0.2) is 22.7 Å². The van der Waals surface area contributed by atoms with Gasteiger partial charge < -0.3 is 15.0 Å². The van der Waals surface area contributed by atoms with Crippen molar-refractivity contribution in [2.45, 2.75) is 64.3 Å². The molecule has 7 heteroatoms. The Hall–Kier alpha value is -2.07. The van der Waals surface area contributed by atoms with Gasteiger partial charge in [0.15, 0.2) is 0 Å². The summed E-state index contributed by atoms with van der Waals surface area (Å²) < 4.78 is 6.73. The predicted molar refractivity (Wildman–Crippen MR) is 116 cm³/mol. The minimum absolute atomic E-state index is 0.0116. The molecule has 1 N–H and O–H groups in total. The number of hydrogen-bond donors (Lipinski definition) is 1. The molecule has 0 spiro atoms. The lowest BCUT2D eigenvalue weighted by atomic mass is 9.87. The summed E-state index contributed by atoms with van der Waals surface area (Å²) in [6.07, 6.45) is 2.43. The summed E-state index contributed by atoms with van der Waals surface area (Å²) in [6, 6.07) is 8.09. The van der Waals surface area contributed by atoms with E-state index in [9.17, 15) is 9.59 Å². The molecule has 2 amide bonds. The molecule has 0 saturated carbocycles. The monoisotopic (exact) mass is 463 g/mol. The van der Waals surface area contributed by atoms with Crippen molar-refractivity contribution in [2.24, 2.45) is 0 Å². The van der Waals surface area contributed by atoms with Crippen LogP contribution < -0.4 is 10.1 Å². The molecule has 6 nitrogen and oxygen atoms in total. The fourth-order valence-corrected chi connectivity index (χ4v) is 3.75. The van der Waals surface area contributed by atoms with Crippen LogP contribution >= 0.6 is 15.9 Å². The minimum Gasteiger partial charge on any atom is -0.492 e. The maximum Gasteiger partial charge on any atom is 0.236 e. The summed E-state index contributed by atoms with van der Waals surface area (Å²) in [5.74, 6) is 0.668. The summed E-state index contributed by atoms with van der Waals surface area (Å²) in [4.78, 5) is 25.6. The van der Waals surface area contributed by atoms with Gasteiger partial charge in [0.05, 0.1) is 17.1 Å². The number of carbonyl (C=O) groups is 2. The van der Waals surface area contributed by atoms with E-state index in [4.69, 9.17) is 10.00 Å². The highest BCUT2D eigenvalue weighted by Gasteiger charge is 2.23. The first kappa shape index (κ1) is 23.2. The molecule has 0 unspecified atom stereocenters. The highest BCUT2D eigenvalue weighted by Crippen LogP contribution is 2.31. The Kier molecular flexibility index (Phi) is 8.51. The van der Waals surface area contributed by atoms with Crippen LogP contribution in [0.25, 0.3) is 0 Å². The van der Waals surface area contributed by atoms with Gasteiger partial charge in [-0.05, 0) is 58.3 Å². The molecular formula is C22H30BrN3O3. The number of carbonyl (C=O) groups excluding carboxylic acids is 2. The second-order valence-corrected chi connectivity index (χ2v) is 9.26. The topological polar surface area (TPSA) is 82.4 Å². The molecule has 1 aromatic carbocycles. The Morgan fingerprint density at radius 2 is 2.00 bits per heavy atom. The quantitative estimate of drug-likeness (QED) is 0.620. The number of likely N-dealkylation sites (tertiary alicyclic amines) is 1. The first-order chi connectivity index (χ1) is 13.7. The summed E-state index contributed by atoms with van der Waals surface area (Å²) in [6.45, 7) is 8.16. The molecule has 0 bridgehead atoms. The van der Waals surface area contributed by atoms with E-state index in [0.29, 0.717) is 32.5 Å². The van der Waals surface area contributed by atoms with Crippen LogP contribution in [0.3, 0.4) is 0 Å². The van der Waals surface area contributed by atoms with Gasteiger partial charge >= 0.3 is 0 Å². The largest absolute Gasteiger partial charge is 0.492 e. The van der Waals surface area contributed by atoms with E-state index in [0.717, 1.165) is 23.1 Å². The highest BCUT2D eigenvalue weighted by atomic mass is 79.9. The van der Waals surface area contributed by atoms with E-state index >= 15 is 0 Å². The van der Waals surface area contributed by atoms with Gasteiger partial charge in [0.25, 0.3) is 0 Å². The number of benzene rings is 1. The van der Waals surface area contributed by atoms with Gasteiger partial charge in [-0.15, -0.1) is 0 Å². The van der Waals surface area contributed by atoms with Crippen LogP contribution in [-0.2, 0) is 15.0 Å². The van der Waals surface area contributed by atoms with Gasteiger partial charge in [0, 0.05) is 25.6 Å². The number of nitrogens with one attached hydrogen (secondary N) is 1. The van der Waals surface area contributed by atoms with Gasteiger partial charge in [0.2, 0.25) is 11.8 Å². The Bertz CT molecular complexity index is 760. The van der Waals surface area contributed by atoms with E-state index in [-0.39, 0.29) is 29.7 Å². The van der Waals surface area contributed by atoms with E-state index in [1.807, 2.05) is 12.1 Å². The van der Waals surface area contributed by atoms with Crippen LogP contribution in [0.2, 0.25) is 0 Å². The lowest BCUT2D eigenvalue weighted by Crippen LogP contribution is -2.46. The average molecular weight is 464 g/mol. The number of hydrogen-bond acceptors (Lipinski definition) is 4. The number of nitriles is 1. The van der Waals surface area contributed by atoms with Crippen molar-refractivity contribution in [2.75, 3.05) is 19.7 Å². The molecule has 1 aliphatic rings. The van der Waals surface area contributed by atoms with Crippen LogP contribution in [-0.4, -0.2) is 42.5 Å². The van der Waals surface area contributed by atoms with Crippen molar-refractivity contribution in [3.63, 3.8) is 0 Å². The molecular weight excluding hydrogens is 434 g/mol. The maximum absolute atomic E-state index is 12.2. The van der Waals surface area contributed by atoms with Crippen molar-refractivity contribution in [3.05, 3.63) is 28.2 Å². The molecule has 0 aromatic heterocycles. The lowest BCUT2D eigenvalue weighted by molar-refractivity contribution is -0.131. The van der Waals surface area contributed by atoms with Gasteiger partial charge in [-0.25, -0.2) is 0 Å². The van der Waals surface area contributed by atoms with Crippen molar-refractivity contribution >= 4 is 27.7 Å². The third-order valence-electron chi connectivity index (χ3n) is 5.05. The first-order valence-electron chi connectivity index (χ1n) is 10.1. The van der Waals surface area contributed by atoms with Gasteiger partial charge in [-0.1, -0.05) is 26.8 Å². The molecule has 1 aliphatic heterocycles. The summed E-state index contributed by atoms with van der Waals surface area (Å²) in [5, 5.41) is 11.6. The minimum atomic E-state index is -0.129. The van der Waals surface area contributed by atoms with E-state index < -0.39 is 0 Å². The number of halogens is 1. The van der Waals surface area contributed by atoms with Crippen molar-refractivity contribution in [1.82, 2.24) is 10.2 Å². The second kappa shape index (κ2) is 10.6. The summed E-state index contributed by atoms with van der Waals surface area (Å²) in [5.41, 5.74) is 1.31. The van der Waals surface area contributed by atoms with Crippen LogP contribution in [0, 0.1) is 11.3 Å². The molecule has 1 aromatic rings. The van der Waals surface area contributed by atoms with Crippen molar-refractivity contribution in [1.29, 1.82) is 5.26 Å².